The van der Waals surface area contributed by atoms with Crippen molar-refractivity contribution < 1.29 is 23.9 Å². The van der Waals surface area contributed by atoms with Gasteiger partial charge in [-0.15, -0.1) is 0 Å². The molecule has 2 bridgehead atoms. The van der Waals surface area contributed by atoms with E-state index in [0.29, 0.717) is 23.1 Å². The zero-order valence-electron chi connectivity index (χ0n) is 19.0. The largest absolute Gasteiger partial charge is 0.497 e. The van der Waals surface area contributed by atoms with Crippen LogP contribution in [-0.2, 0) is 9.59 Å². The number of amides is 3. The van der Waals surface area contributed by atoms with Crippen LogP contribution in [0.5, 0.6) is 5.75 Å². The number of benzene rings is 2. The van der Waals surface area contributed by atoms with Crippen LogP contribution in [-0.4, -0.2) is 47.2 Å². The first-order chi connectivity index (χ1) is 16.9. The van der Waals surface area contributed by atoms with Crippen molar-refractivity contribution >= 4 is 35.1 Å². The van der Waals surface area contributed by atoms with E-state index < -0.39 is 41.9 Å². The van der Waals surface area contributed by atoms with Crippen LogP contribution in [0.3, 0.4) is 0 Å². The van der Waals surface area contributed by atoms with Crippen molar-refractivity contribution in [3.05, 3.63) is 76.8 Å². The SMILES string of the molecule is COc1ccc(C(=O)CN(C(=O)c2ccccc2Cl)N2C(=O)[C@@H]3[C@H]4C=C[C@@H]([C@@H]5C[C@@H]45)[C@@H]3C2=O)cc1. The highest BCUT2D eigenvalue weighted by molar-refractivity contribution is 6.34. The van der Waals surface area contributed by atoms with Gasteiger partial charge in [-0.3, -0.25) is 19.2 Å². The maximum absolute atomic E-state index is 13.7. The second-order valence-corrected chi connectivity index (χ2v) is 10.0. The van der Waals surface area contributed by atoms with Crippen LogP contribution in [0.15, 0.2) is 60.7 Å². The maximum atomic E-state index is 13.7. The average Bonchev–Trinajstić information content (AvgIpc) is 3.66. The number of hydrogen-bond donors (Lipinski definition) is 0. The Labute approximate surface area is 207 Å². The smallest absolute Gasteiger partial charge is 0.274 e. The molecular weight excluding hydrogens is 468 g/mol. The number of hydrogen-bond acceptors (Lipinski definition) is 5. The molecular formula is C27H23ClN2O5. The number of Topliss-reactive ketones (excluding diaryl/α,β-unsaturated/α-hetero) is 1. The summed E-state index contributed by atoms with van der Waals surface area (Å²) in [4.78, 5) is 54.3. The molecule has 0 unspecified atom stereocenters. The first-order valence-corrected chi connectivity index (χ1v) is 12.1. The molecule has 8 heteroatoms. The minimum Gasteiger partial charge on any atom is -0.497 e. The topological polar surface area (TPSA) is 84.0 Å². The minimum atomic E-state index is -0.664. The molecule has 7 rings (SSSR count). The Kier molecular flexibility index (Phi) is 5.07. The lowest BCUT2D eigenvalue weighted by atomic mass is 9.63. The standard InChI is InChI=1S/C27H23ClN2O5/c1-35-15-8-6-14(7-9-15)22(31)13-29(25(32)18-4-2-3-5-21(18)28)30-26(33)23-16-10-11-17(20-12-19(16)20)24(23)27(30)34/h2-11,16-17,19-20,23-24H,12-13H2,1H3/t16-,17-,19-,20-,23-,24+/m0/s1. The molecule has 7 nitrogen and oxygen atoms in total. The molecule has 1 heterocycles. The van der Waals surface area contributed by atoms with E-state index in [4.69, 9.17) is 16.3 Å². The highest BCUT2D eigenvalue weighted by Gasteiger charge is 2.68. The molecule has 1 saturated heterocycles. The molecule has 0 radical (unpaired) electrons. The van der Waals surface area contributed by atoms with Crippen LogP contribution in [0.25, 0.3) is 0 Å². The van der Waals surface area contributed by atoms with Crippen molar-refractivity contribution in [2.45, 2.75) is 6.42 Å². The highest BCUT2D eigenvalue weighted by atomic mass is 35.5. The molecule has 6 atom stereocenters. The van der Waals surface area contributed by atoms with Gasteiger partial charge in [0.1, 0.15) is 12.3 Å². The van der Waals surface area contributed by atoms with E-state index in [1.165, 1.54) is 13.2 Å². The summed E-state index contributed by atoms with van der Waals surface area (Å²) in [6.07, 6.45) is 5.17. The van der Waals surface area contributed by atoms with Gasteiger partial charge in [0.2, 0.25) is 0 Å². The highest BCUT2D eigenvalue weighted by Crippen LogP contribution is 2.65. The van der Waals surface area contributed by atoms with Gasteiger partial charge >= 0.3 is 0 Å². The molecule has 178 valence electrons. The number of carbonyl (C=O) groups is 4. The number of carbonyl (C=O) groups excluding carboxylic acids is 4. The van der Waals surface area contributed by atoms with E-state index in [-0.39, 0.29) is 22.4 Å². The average molecular weight is 491 g/mol. The summed E-state index contributed by atoms with van der Waals surface area (Å²) < 4.78 is 5.15. The number of hydrazine groups is 1. The third-order valence-corrected chi connectivity index (χ3v) is 8.25. The number of ether oxygens (including phenoxy) is 1. The summed E-state index contributed by atoms with van der Waals surface area (Å²) in [7, 11) is 1.52. The Balaban J connectivity index is 1.36. The molecule has 3 fully saturated rings. The van der Waals surface area contributed by atoms with Crippen molar-refractivity contribution in [3.8, 4) is 5.75 Å². The molecule has 5 aliphatic rings. The number of imide groups is 1. The zero-order chi connectivity index (χ0) is 24.4. The Hall–Kier alpha value is -3.45. The van der Waals surface area contributed by atoms with Crippen molar-refractivity contribution in [1.29, 1.82) is 0 Å². The summed E-state index contributed by atoms with van der Waals surface area (Å²) in [6, 6.07) is 12.9. The van der Waals surface area contributed by atoms with Gasteiger partial charge in [-0.05, 0) is 66.5 Å². The van der Waals surface area contributed by atoms with Gasteiger partial charge in [0.15, 0.2) is 5.78 Å². The summed E-state index contributed by atoms with van der Waals surface area (Å²) in [6.45, 7) is -0.469. The summed E-state index contributed by atoms with van der Waals surface area (Å²) >= 11 is 6.29. The molecule has 1 aliphatic heterocycles. The van der Waals surface area contributed by atoms with E-state index in [0.717, 1.165) is 16.4 Å². The van der Waals surface area contributed by atoms with E-state index in [2.05, 4.69) is 12.2 Å². The second-order valence-electron chi connectivity index (χ2n) is 9.64. The molecule has 3 amide bonds. The van der Waals surface area contributed by atoms with Gasteiger partial charge in [0.05, 0.1) is 29.5 Å². The third kappa shape index (κ3) is 3.32. The van der Waals surface area contributed by atoms with E-state index in [9.17, 15) is 19.2 Å². The minimum absolute atomic E-state index is 0.00556. The lowest BCUT2D eigenvalue weighted by Crippen LogP contribution is -2.52. The van der Waals surface area contributed by atoms with Gasteiger partial charge in [0.25, 0.3) is 17.7 Å². The lowest BCUT2D eigenvalue weighted by Gasteiger charge is -2.37. The monoisotopic (exact) mass is 490 g/mol. The van der Waals surface area contributed by atoms with Gasteiger partial charge in [-0.25, -0.2) is 5.01 Å². The van der Waals surface area contributed by atoms with Crippen LogP contribution in [0.1, 0.15) is 27.1 Å². The molecule has 2 saturated carbocycles. The number of halogens is 1. The van der Waals surface area contributed by atoms with Gasteiger partial charge < -0.3 is 4.74 Å². The van der Waals surface area contributed by atoms with E-state index in [1.807, 2.05) is 0 Å². The Morgan fingerprint density at radius 3 is 2.14 bits per heavy atom. The first kappa shape index (κ1) is 22.0. The summed E-state index contributed by atoms with van der Waals surface area (Å²) in [5.74, 6) is -1.42. The Bertz CT molecular complexity index is 1250. The molecule has 4 aliphatic carbocycles. The number of ketones is 1. The molecule has 35 heavy (non-hydrogen) atoms. The second kappa shape index (κ2) is 8.05. The Morgan fingerprint density at radius 1 is 0.971 bits per heavy atom. The summed E-state index contributed by atoms with van der Waals surface area (Å²) in [5, 5.41) is 2.10. The zero-order valence-corrected chi connectivity index (χ0v) is 19.7. The quantitative estimate of drug-likeness (QED) is 0.350. The fraction of sp³-hybridized carbons (Fsp3) is 0.333. The third-order valence-electron chi connectivity index (χ3n) is 7.93. The number of methoxy groups -OCH3 is 1. The molecule has 2 aromatic rings. The number of allylic oxidation sites excluding steroid dienone is 2. The fourth-order valence-corrected chi connectivity index (χ4v) is 6.41. The van der Waals surface area contributed by atoms with E-state index >= 15 is 0 Å². The molecule has 0 aromatic heterocycles. The van der Waals surface area contributed by atoms with Crippen molar-refractivity contribution in [1.82, 2.24) is 10.0 Å². The van der Waals surface area contributed by atoms with Crippen LogP contribution >= 0.6 is 11.6 Å². The van der Waals surface area contributed by atoms with Crippen LogP contribution in [0.2, 0.25) is 5.02 Å². The molecule has 0 N–H and O–H groups in total. The van der Waals surface area contributed by atoms with Crippen molar-refractivity contribution in [3.63, 3.8) is 0 Å². The van der Waals surface area contributed by atoms with Gasteiger partial charge in [-0.2, -0.15) is 5.01 Å². The first-order valence-electron chi connectivity index (χ1n) is 11.7. The summed E-state index contributed by atoms with van der Waals surface area (Å²) in [5.41, 5.74) is 0.457. The maximum Gasteiger partial charge on any atom is 0.274 e. The fourth-order valence-electron chi connectivity index (χ4n) is 6.19. The van der Waals surface area contributed by atoms with Crippen LogP contribution < -0.4 is 4.74 Å². The normalized spacial score (nSPS) is 29.6. The van der Waals surface area contributed by atoms with Crippen LogP contribution in [0, 0.1) is 35.5 Å². The van der Waals surface area contributed by atoms with Crippen LogP contribution in [0.4, 0.5) is 0 Å². The predicted molar refractivity (Wildman–Crippen MR) is 126 cm³/mol. The van der Waals surface area contributed by atoms with Crippen molar-refractivity contribution in [2.75, 3.05) is 13.7 Å². The molecule has 0 spiro atoms. The predicted octanol–water partition coefficient (Wildman–Crippen LogP) is 3.64. The number of rotatable bonds is 6. The molecule has 2 aromatic carbocycles. The van der Waals surface area contributed by atoms with Gasteiger partial charge in [0, 0.05) is 5.56 Å². The van der Waals surface area contributed by atoms with E-state index in [1.54, 1.807) is 42.5 Å². The lowest BCUT2D eigenvalue weighted by molar-refractivity contribution is -0.154. The number of nitrogens with zero attached hydrogens (tertiary/aromatic N) is 2. The Morgan fingerprint density at radius 2 is 1.57 bits per heavy atom. The van der Waals surface area contributed by atoms with Crippen molar-refractivity contribution in [2.24, 2.45) is 35.5 Å². The van der Waals surface area contributed by atoms with Gasteiger partial charge in [-0.1, -0.05) is 35.9 Å².